The minimum atomic E-state index is -3.62. The van der Waals surface area contributed by atoms with Gasteiger partial charge in [0.2, 0.25) is 21.1 Å². The van der Waals surface area contributed by atoms with E-state index in [9.17, 15) is 13.2 Å². The number of halogens is 1. The molecule has 3 rings (SSSR count). The fourth-order valence-corrected chi connectivity index (χ4v) is 4.45. The molecule has 0 unspecified atom stereocenters. The van der Waals surface area contributed by atoms with E-state index in [1.807, 2.05) is 0 Å². The Kier molecular flexibility index (Phi) is 6.76. The van der Waals surface area contributed by atoms with Crippen molar-refractivity contribution in [3.63, 3.8) is 0 Å². The highest BCUT2D eigenvalue weighted by Crippen LogP contribution is 2.23. The maximum absolute atomic E-state index is 12.4. The average Bonchev–Trinajstić information content (AvgIpc) is 3.17. The molecule has 0 radical (unpaired) electrons. The Morgan fingerprint density at radius 2 is 1.90 bits per heavy atom. The number of benzene rings is 2. The number of aryl methyl sites for hydroxylation is 1. The zero-order valence-electron chi connectivity index (χ0n) is 16.4. The van der Waals surface area contributed by atoms with E-state index in [1.54, 1.807) is 43.3 Å². The molecule has 1 N–H and O–H groups in total. The maximum atomic E-state index is 12.4. The van der Waals surface area contributed by atoms with Crippen LogP contribution in [0.3, 0.4) is 0 Å². The van der Waals surface area contributed by atoms with Crippen LogP contribution in [0.15, 0.2) is 52.5 Å². The van der Waals surface area contributed by atoms with Crippen LogP contribution in [-0.2, 0) is 14.8 Å². The van der Waals surface area contributed by atoms with Gasteiger partial charge in [0.25, 0.3) is 0 Å². The fraction of sp³-hybridized carbons (Fsp3) is 0.222. The Morgan fingerprint density at radius 3 is 2.57 bits per heavy atom. The van der Waals surface area contributed by atoms with E-state index in [-0.39, 0.29) is 16.6 Å². The van der Waals surface area contributed by atoms with Crippen molar-refractivity contribution in [1.29, 1.82) is 0 Å². The molecule has 0 aliphatic carbocycles. The van der Waals surface area contributed by atoms with Crippen molar-refractivity contribution in [2.45, 2.75) is 17.0 Å². The molecule has 0 spiro atoms. The smallest absolute Gasteiger partial charge is 0.242 e. The number of thioether (sulfide) groups is 1. The first-order valence-electron chi connectivity index (χ1n) is 8.68. The first-order valence-corrected chi connectivity index (χ1v) is 11.5. The molecule has 0 saturated heterocycles. The zero-order chi connectivity index (χ0) is 21.9. The van der Waals surface area contributed by atoms with Crippen LogP contribution in [0.4, 0.5) is 5.69 Å². The maximum Gasteiger partial charge on any atom is 0.242 e. The molecule has 1 heterocycles. The summed E-state index contributed by atoms with van der Waals surface area (Å²) < 4.78 is 27.5. The first kappa shape index (κ1) is 22.2. The summed E-state index contributed by atoms with van der Waals surface area (Å²) in [7, 11) is -0.696. The third-order valence-corrected chi connectivity index (χ3v) is 7.20. The van der Waals surface area contributed by atoms with Crippen molar-refractivity contribution in [1.82, 2.24) is 24.5 Å². The Bertz CT molecular complexity index is 1160. The largest absolute Gasteiger partial charge is 0.325 e. The SMILES string of the molecule is Cc1ccc(NC(=O)CSc2nnnn2-c2ccc(Cl)cc2)cc1S(=O)(=O)N(C)C. The molecule has 3 aromatic rings. The van der Waals surface area contributed by atoms with Crippen molar-refractivity contribution in [3.8, 4) is 5.69 Å². The molecule has 0 bridgehead atoms. The second kappa shape index (κ2) is 9.13. The summed E-state index contributed by atoms with van der Waals surface area (Å²) in [4.78, 5) is 12.5. The van der Waals surface area contributed by atoms with Crippen molar-refractivity contribution < 1.29 is 13.2 Å². The summed E-state index contributed by atoms with van der Waals surface area (Å²) in [6, 6.07) is 11.7. The summed E-state index contributed by atoms with van der Waals surface area (Å²) in [5.41, 5.74) is 1.70. The predicted octanol–water partition coefficient (Wildman–Crippen LogP) is 2.61. The molecule has 1 amide bonds. The van der Waals surface area contributed by atoms with Gasteiger partial charge in [0.1, 0.15) is 0 Å². The molecule has 2 aromatic carbocycles. The number of hydrogen-bond donors (Lipinski definition) is 1. The molecule has 0 fully saturated rings. The van der Waals surface area contributed by atoms with E-state index in [0.717, 1.165) is 16.1 Å². The lowest BCUT2D eigenvalue weighted by Crippen LogP contribution is -2.23. The lowest BCUT2D eigenvalue weighted by Gasteiger charge is -2.15. The Morgan fingerprint density at radius 1 is 1.20 bits per heavy atom. The van der Waals surface area contributed by atoms with E-state index in [4.69, 9.17) is 11.6 Å². The third-order valence-electron chi connectivity index (χ3n) is 4.07. The second-order valence-corrected chi connectivity index (χ2v) is 9.95. The molecule has 0 aliphatic heterocycles. The van der Waals surface area contributed by atoms with E-state index in [2.05, 4.69) is 20.8 Å². The Hall–Kier alpha value is -2.47. The van der Waals surface area contributed by atoms with Gasteiger partial charge in [-0.1, -0.05) is 29.4 Å². The number of nitrogens with zero attached hydrogens (tertiary/aromatic N) is 5. The summed E-state index contributed by atoms with van der Waals surface area (Å²) >= 11 is 7.05. The van der Waals surface area contributed by atoms with Gasteiger partial charge in [0.15, 0.2) is 0 Å². The van der Waals surface area contributed by atoms with Crippen LogP contribution in [0.2, 0.25) is 5.02 Å². The fourth-order valence-electron chi connectivity index (χ4n) is 2.49. The number of aromatic nitrogens is 4. The summed E-state index contributed by atoms with van der Waals surface area (Å²) in [5.74, 6) is -0.278. The van der Waals surface area contributed by atoms with Crippen molar-refractivity contribution in [2.24, 2.45) is 0 Å². The molecule has 1 aromatic heterocycles. The van der Waals surface area contributed by atoms with E-state index < -0.39 is 10.0 Å². The molecule has 0 aliphatic rings. The zero-order valence-corrected chi connectivity index (χ0v) is 18.8. The number of carbonyl (C=O) groups excluding carboxylic acids is 1. The standard InChI is InChI=1S/C18H19ClN6O3S2/c1-12-4-7-14(10-16(12)30(27,28)24(2)3)20-17(26)11-29-18-21-22-23-25(18)15-8-5-13(19)6-9-15/h4-10H,11H2,1-3H3,(H,20,26). The molecule has 9 nitrogen and oxygen atoms in total. The number of tetrazole rings is 1. The molecule has 30 heavy (non-hydrogen) atoms. The van der Waals surface area contributed by atoms with Crippen molar-refractivity contribution >= 4 is 45.0 Å². The van der Waals surface area contributed by atoms with E-state index in [1.165, 1.54) is 24.8 Å². The lowest BCUT2D eigenvalue weighted by atomic mass is 10.2. The van der Waals surface area contributed by atoms with Gasteiger partial charge in [-0.3, -0.25) is 4.79 Å². The van der Waals surface area contributed by atoms with Gasteiger partial charge in [-0.25, -0.2) is 12.7 Å². The summed E-state index contributed by atoms with van der Waals surface area (Å²) in [6.07, 6.45) is 0. The first-order chi connectivity index (χ1) is 14.2. The molecule has 0 saturated carbocycles. The molecule has 0 atom stereocenters. The van der Waals surface area contributed by atoms with E-state index >= 15 is 0 Å². The quantitative estimate of drug-likeness (QED) is 0.533. The number of sulfonamides is 1. The molecular weight excluding hydrogens is 448 g/mol. The van der Waals surface area contributed by atoms with Crippen LogP contribution in [0.25, 0.3) is 5.69 Å². The highest BCUT2D eigenvalue weighted by atomic mass is 35.5. The molecule has 12 heteroatoms. The van der Waals surface area contributed by atoms with Crippen LogP contribution in [-0.4, -0.2) is 58.7 Å². The normalized spacial score (nSPS) is 11.6. The minimum Gasteiger partial charge on any atom is -0.325 e. The van der Waals surface area contributed by atoms with Crippen molar-refractivity contribution in [3.05, 3.63) is 53.1 Å². The van der Waals surface area contributed by atoms with Gasteiger partial charge in [-0.2, -0.15) is 4.68 Å². The summed E-state index contributed by atoms with van der Waals surface area (Å²) in [6.45, 7) is 1.70. The monoisotopic (exact) mass is 466 g/mol. The average molecular weight is 467 g/mol. The van der Waals surface area contributed by atoms with Gasteiger partial charge < -0.3 is 5.32 Å². The molecular formula is C18H19ClN6O3S2. The third kappa shape index (κ3) is 4.98. The number of rotatable bonds is 7. The number of anilines is 1. The highest BCUT2D eigenvalue weighted by molar-refractivity contribution is 7.99. The second-order valence-electron chi connectivity index (χ2n) is 6.45. The van der Waals surface area contributed by atoms with Gasteiger partial charge >= 0.3 is 0 Å². The van der Waals surface area contributed by atoms with E-state index in [0.29, 0.717) is 27.1 Å². The van der Waals surface area contributed by atoms with Gasteiger partial charge in [0, 0.05) is 24.8 Å². The van der Waals surface area contributed by atoms with Crippen LogP contribution < -0.4 is 5.32 Å². The van der Waals surface area contributed by atoms with Crippen LogP contribution in [0.1, 0.15) is 5.56 Å². The number of amides is 1. The number of carbonyl (C=O) groups is 1. The van der Waals surface area contributed by atoms with Crippen LogP contribution >= 0.6 is 23.4 Å². The topological polar surface area (TPSA) is 110 Å². The van der Waals surface area contributed by atoms with Gasteiger partial charge in [-0.15, -0.1) is 5.10 Å². The lowest BCUT2D eigenvalue weighted by molar-refractivity contribution is -0.113. The van der Waals surface area contributed by atoms with Gasteiger partial charge in [-0.05, 0) is 59.3 Å². The Labute approximate surface area is 183 Å². The number of hydrogen-bond acceptors (Lipinski definition) is 7. The predicted molar refractivity (Wildman–Crippen MR) is 116 cm³/mol. The van der Waals surface area contributed by atoms with Crippen LogP contribution in [0.5, 0.6) is 0 Å². The number of nitrogens with one attached hydrogen (secondary N) is 1. The van der Waals surface area contributed by atoms with Gasteiger partial charge in [0.05, 0.1) is 16.3 Å². The summed E-state index contributed by atoms with van der Waals surface area (Å²) in [5, 5.41) is 15.3. The van der Waals surface area contributed by atoms with Crippen molar-refractivity contribution in [2.75, 3.05) is 25.2 Å². The molecule has 158 valence electrons. The highest BCUT2D eigenvalue weighted by Gasteiger charge is 2.20. The minimum absolute atomic E-state index is 0.0393. The van der Waals surface area contributed by atoms with Crippen LogP contribution in [0, 0.1) is 6.92 Å². The Balaban J connectivity index is 1.69.